The first kappa shape index (κ1) is 19.0. The van der Waals surface area contributed by atoms with Crippen molar-refractivity contribution in [3.63, 3.8) is 0 Å². The summed E-state index contributed by atoms with van der Waals surface area (Å²) in [6.45, 7) is 2.16. The van der Waals surface area contributed by atoms with E-state index in [1.807, 2.05) is 0 Å². The van der Waals surface area contributed by atoms with Gasteiger partial charge in [0.1, 0.15) is 6.61 Å². The molecule has 8 heteroatoms. The molecule has 1 aromatic carbocycles. The molecule has 0 saturated heterocycles. The van der Waals surface area contributed by atoms with Crippen molar-refractivity contribution in [2.45, 2.75) is 31.8 Å². The zero-order valence-corrected chi connectivity index (χ0v) is 16.1. The lowest BCUT2D eigenvalue weighted by atomic mass is 9.94. The van der Waals surface area contributed by atoms with Gasteiger partial charge >= 0.3 is 12.0 Å². The van der Waals surface area contributed by atoms with Crippen molar-refractivity contribution in [2.75, 3.05) is 20.3 Å². The van der Waals surface area contributed by atoms with Crippen molar-refractivity contribution in [1.29, 1.82) is 0 Å². The number of ether oxygens (including phenoxy) is 2. The summed E-state index contributed by atoms with van der Waals surface area (Å²) in [5, 5.41) is 3.61. The molecule has 1 N–H and O–H groups in total. The fourth-order valence-electron chi connectivity index (χ4n) is 3.09. The van der Waals surface area contributed by atoms with Crippen LogP contribution in [-0.2, 0) is 14.3 Å². The summed E-state index contributed by atoms with van der Waals surface area (Å²) in [5.41, 5.74) is 1.39. The average molecular weight is 399 g/mol. The number of hydrogen-bond acceptors (Lipinski definition) is 4. The van der Waals surface area contributed by atoms with Crippen LogP contribution < -0.4 is 5.32 Å². The van der Waals surface area contributed by atoms with Gasteiger partial charge in [0.05, 0.1) is 18.2 Å². The maximum Gasteiger partial charge on any atom is 0.338 e. The zero-order chi connectivity index (χ0) is 18.8. The minimum atomic E-state index is -0.770. The second-order valence-electron chi connectivity index (χ2n) is 6.25. The Kier molecular flexibility index (Phi) is 5.75. The Hall–Kier alpha value is -1.76. The zero-order valence-electron chi connectivity index (χ0n) is 14.6. The Balaban J connectivity index is 2.03. The lowest BCUT2D eigenvalue weighted by Crippen LogP contribution is -2.49. The van der Waals surface area contributed by atoms with E-state index in [1.165, 1.54) is 7.11 Å². The first-order chi connectivity index (χ1) is 12.5. The number of urea groups is 1. The Morgan fingerprint density at radius 3 is 2.50 bits per heavy atom. The monoisotopic (exact) mass is 398 g/mol. The van der Waals surface area contributed by atoms with E-state index in [2.05, 4.69) is 5.32 Å². The normalized spacial score (nSPS) is 20.2. The lowest BCUT2D eigenvalue weighted by molar-refractivity contribution is -0.140. The number of rotatable bonds is 6. The second kappa shape index (κ2) is 7.86. The van der Waals surface area contributed by atoms with Crippen LogP contribution in [0.3, 0.4) is 0 Å². The van der Waals surface area contributed by atoms with Gasteiger partial charge in [-0.05, 0) is 31.9 Å². The summed E-state index contributed by atoms with van der Waals surface area (Å²) in [4.78, 5) is 27.0. The number of nitrogens with one attached hydrogen (secondary N) is 1. The highest BCUT2D eigenvalue weighted by molar-refractivity contribution is 6.36. The van der Waals surface area contributed by atoms with Crippen molar-refractivity contribution >= 4 is 35.2 Å². The van der Waals surface area contributed by atoms with E-state index in [9.17, 15) is 9.59 Å². The van der Waals surface area contributed by atoms with Crippen molar-refractivity contribution in [3.05, 3.63) is 45.1 Å². The third-order valence-electron chi connectivity index (χ3n) is 4.47. The van der Waals surface area contributed by atoms with Gasteiger partial charge in [0.2, 0.25) is 0 Å². The summed E-state index contributed by atoms with van der Waals surface area (Å²) in [5.74, 6) is -0.522. The lowest BCUT2D eigenvalue weighted by Gasteiger charge is -2.36. The number of nitrogens with zero attached hydrogens (tertiary/aromatic N) is 1. The minimum Gasteiger partial charge on any atom is -0.460 e. The molecule has 3 rings (SSSR count). The van der Waals surface area contributed by atoms with E-state index >= 15 is 0 Å². The number of methoxy groups -OCH3 is 1. The van der Waals surface area contributed by atoms with Gasteiger partial charge in [0, 0.05) is 34.5 Å². The van der Waals surface area contributed by atoms with E-state index in [-0.39, 0.29) is 25.3 Å². The Morgan fingerprint density at radius 2 is 1.92 bits per heavy atom. The number of carbonyl (C=O) groups is 2. The Morgan fingerprint density at radius 1 is 1.27 bits per heavy atom. The van der Waals surface area contributed by atoms with E-state index in [4.69, 9.17) is 32.7 Å². The van der Waals surface area contributed by atoms with E-state index in [0.29, 0.717) is 26.9 Å². The largest absolute Gasteiger partial charge is 0.460 e. The summed E-state index contributed by atoms with van der Waals surface area (Å²) < 4.78 is 10.2. The minimum absolute atomic E-state index is 0.111. The van der Waals surface area contributed by atoms with Gasteiger partial charge in [-0.15, -0.1) is 0 Å². The van der Waals surface area contributed by atoms with Crippen molar-refractivity contribution in [1.82, 2.24) is 10.2 Å². The van der Waals surface area contributed by atoms with Gasteiger partial charge in [-0.25, -0.2) is 9.59 Å². The third-order valence-corrected chi connectivity index (χ3v) is 5.13. The van der Waals surface area contributed by atoms with Gasteiger partial charge in [0.25, 0.3) is 0 Å². The molecule has 6 nitrogen and oxygen atoms in total. The maximum absolute atomic E-state index is 12.8. The van der Waals surface area contributed by atoms with Crippen LogP contribution in [0.15, 0.2) is 29.5 Å². The van der Waals surface area contributed by atoms with Gasteiger partial charge in [0.15, 0.2) is 0 Å². The smallest absolute Gasteiger partial charge is 0.338 e. The summed E-state index contributed by atoms with van der Waals surface area (Å²) >= 11 is 12.6. The molecule has 26 heavy (non-hydrogen) atoms. The predicted octanol–water partition coefficient (Wildman–Crippen LogP) is 3.69. The van der Waals surface area contributed by atoms with E-state index in [0.717, 1.165) is 12.8 Å². The SMILES string of the molecule is COCCOC(=O)C1=C(C)N(C2CC2)C(=O)N[C@H]1c1c(Cl)cccc1Cl. The van der Waals surface area contributed by atoms with Crippen LogP contribution in [0, 0.1) is 0 Å². The highest BCUT2D eigenvalue weighted by Gasteiger charge is 2.43. The van der Waals surface area contributed by atoms with Crippen LogP contribution in [0.5, 0.6) is 0 Å². The molecular formula is C18H20Cl2N2O4. The molecule has 1 saturated carbocycles. The van der Waals surface area contributed by atoms with Crippen molar-refractivity contribution in [2.24, 2.45) is 0 Å². The van der Waals surface area contributed by atoms with Crippen LogP contribution >= 0.6 is 23.2 Å². The molecule has 1 aliphatic heterocycles. The number of hydrogen-bond donors (Lipinski definition) is 1. The molecule has 0 unspecified atom stereocenters. The maximum atomic E-state index is 12.8. The van der Waals surface area contributed by atoms with Crippen LogP contribution in [0.25, 0.3) is 0 Å². The van der Waals surface area contributed by atoms with Gasteiger partial charge in [-0.3, -0.25) is 4.90 Å². The number of benzene rings is 1. The molecule has 1 aliphatic carbocycles. The third kappa shape index (κ3) is 3.68. The van der Waals surface area contributed by atoms with Crippen LogP contribution in [0.2, 0.25) is 10.0 Å². The molecule has 1 atom stereocenters. The molecule has 0 aromatic heterocycles. The standard InChI is InChI=1S/C18H20Cl2N2O4/c1-10-14(17(23)26-9-8-25-2)16(15-12(19)4-3-5-13(15)20)21-18(24)22(10)11-6-7-11/h3-5,11,16H,6-9H2,1-2H3,(H,21,24)/t16-/m1/s1. The number of esters is 1. The summed E-state index contributed by atoms with van der Waals surface area (Å²) in [6, 6.07) is 4.13. The molecule has 1 heterocycles. The quantitative estimate of drug-likeness (QED) is 0.585. The summed E-state index contributed by atoms with van der Waals surface area (Å²) in [7, 11) is 1.53. The van der Waals surface area contributed by atoms with Crippen molar-refractivity contribution in [3.8, 4) is 0 Å². The predicted molar refractivity (Wildman–Crippen MR) is 98.1 cm³/mol. The van der Waals surface area contributed by atoms with Gasteiger partial charge < -0.3 is 14.8 Å². The number of carbonyl (C=O) groups excluding carboxylic acids is 2. The molecule has 2 aliphatic rings. The molecular weight excluding hydrogens is 379 g/mol. The number of amides is 2. The fourth-order valence-corrected chi connectivity index (χ4v) is 3.71. The van der Waals surface area contributed by atoms with Crippen molar-refractivity contribution < 1.29 is 19.1 Å². The molecule has 0 radical (unpaired) electrons. The molecule has 140 valence electrons. The fraction of sp³-hybridized carbons (Fsp3) is 0.444. The molecule has 0 bridgehead atoms. The average Bonchev–Trinajstić information content (AvgIpc) is 3.39. The first-order valence-electron chi connectivity index (χ1n) is 8.36. The van der Waals surface area contributed by atoms with Crippen LogP contribution in [-0.4, -0.2) is 43.3 Å². The Labute approximate surface area is 162 Å². The molecule has 1 fully saturated rings. The molecule has 1 aromatic rings. The molecule has 2 amide bonds. The number of halogens is 2. The highest BCUT2D eigenvalue weighted by atomic mass is 35.5. The van der Waals surface area contributed by atoms with E-state index in [1.54, 1.807) is 30.0 Å². The summed E-state index contributed by atoms with van der Waals surface area (Å²) in [6.07, 6.45) is 1.82. The van der Waals surface area contributed by atoms with Gasteiger partial charge in [-0.2, -0.15) is 0 Å². The van der Waals surface area contributed by atoms with Gasteiger partial charge in [-0.1, -0.05) is 29.3 Å². The number of allylic oxidation sites excluding steroid dienone is 1. The first-order valence-corrected chi connectivity index (χ1v) is 9.11. The highest BCUT2D eigenvalue weighted by Crippen LogP contribution is 2.41. The topological polar surface area (TPSA) is 67.9 Å². The second-order valence-corrected chi connectivity index (χ2v) is 7.06. The van der Waals surface area contributed by atoms with Crippen LogP contribution in [0.4, 0.5) is 4.79 Å². The van der Waals surface area contributed by atoms with Crippen LogP contribution in [0.1, 0.15) is 31.4 Å². The Bertz CT molecular complexity index is 741. The van der Waals surface area contributed by atoms with E-state index < -0.39 is 12.0 Å². The molecule has 0 spiro atoms.